The number of hydrogen-bond acceptors (Lipinski definition) is 6. The van der Waals surface area contributed by atoms with Crippen LogP contribution in [-0.2, 0) is 0 Å². The van der Waals surface area contributed by atoms with Crippen molar-refractivity contribution in [3.05, 3.63) is 47.1 Å². The van der Waals surface area contributed by atoms with Crippen molar-refractivity contribution >= 4 is 0 Å². The number of allylic oxidation sites excluding steroid dienone is 2. The van der Waals surface area contributed by atoms with Crippen molar-refractivity contribution in [1.29, 1.82) is 15.8 Å². The molecule has 2 N–H and O–H groups in total. The third-order valence-corrected chi connectivity index (χ3v) is 5.33. The van der Waals surface area contributed by atoms with E-state index in [0.717, 1.165) is 11.1 Å². The highest BCUT2D eigenvalue weighted by molar-refractivity contribution is 5.59. The number of rotatable bonds is 2. The summed E-state index contributed by atoms with van der Waals surface area (Å²) < 4.78 is 5.22. The van der Waals surface area contributed by atoms with E-state index in [4.69, 9.17) is 10.2 Å². The van der Waals surface area contributed by atoms with Gasteiger partial charge in [0.25, 0.3) is 0 Å². The van der Waals surface area contributed by atoms with Crippen molar-refractivity contribution in [2.45, 2.75) is 25.8 Å². The Morgan fingerprint density at radius 2 is 2.04 bits per heavy atom. The van der Waals surface area contributed by atoms with E-state index in [1.54, 1.807) is 12.3 Å². The van der Waals surface area contributed by atoms with Gasteiger partial charge in [0, 0.05) is 31.0 Å². The normalized spacial score (nSPS) is 25.5. The molecule has 2 atom stereocenters. The zero-order valence-electron chi connectivity index (χ0n) is 14.2. The monoisotopic (exact) mass is 333 g/mol. The van der Waals surface area contributed by atoms with Gasteiger partial charge in [0.15, 0.2) is 5.41 Å². The third kappa shape index (κ3) is 2.33. The summed E-state index contributed by atoms with van der Waals surface area (Å²) in [7, 11) is 0. The Labute approximate surface area is 147 Å². The van der Waals surface area contributed by atoms with Gasteiger partial charge in [-0.2, -0.15) is 15.8 Å². The van der Waals surface area contributed by atoms with Crippen LogP contribution >= 0.6 is 0 Å². The van der Waals surface area contributed by atoms with Crippen LogP contribution in [-0.4, -0.2) is 24.0 Å². The molecule has 6 heteroatoms. The van der Waals surface area contributed by atoms with Gasteiger partial charge in [-0.1, -0.05) is 6.08 Å². The molecule has 6 nitrogen and oxygen atoms in total. The van der Waals surface area contributed by atoms with Crippen molar-refractivity contribution < 1.29 is 4.42 Å². The van der Waals surface area contributed by atoms with Gasteiger partial charge in [-0.3, -0.25) is 4.90 Å². The van der Waals surface area contributed by atoms with Crippen LogP contribution in [0.1, 0.15) is 25.3 Å². The highest BCUT2D eigenvalue weighted by Gasteiger charge is 2.54. The maximum absolute atomic E-state index is 9.90. The van der Waals surface area contributed by atoms with Crippen LogP contribution in [0.5, 0.6) is 0 Å². The van der Waals surface area contributed by atoms with Crippen LogP contribution in [0.3, 0.4) is 0 Å². The van der Waals surface area contributed by atoms with E-state index < -0.39 is 11.3 Å². The Kier molecular flexibility index (Phi) is 4.13. The molecule has 1 aliphatic carbocycles. The minimum Gasteiger partial charge on any atom is -0.472 e. The van der Waals surface area contributed by atoms with Crippen LogP contribution in [0.25, 0.3) is 0 Å². The first-order chi connectivity index (χ1) is 12.0. The van der Waals surface area contributed by atoms with E-state index in [1.165, 1.54) is 6.26 Å². The highest BCUT2D eigenvalue weighted by atomic mass is 16.3. The molecule has 2 aliphatic rings. The van der Waals surface area contributed by atoms with Crippen molar-refractivity contribution in [2.75, 3.05) is 13.1 Å². The lowest BCUT2D eigenvalue weighted by Crippen LogP contribution is -2.49. The summed E-state index contributed by atoms with van der Waals surface area (Å²) in [6.07, 6.45) is 5.09. The van der Waals surface area contributed by atoms with Crippen LogP contribution in [0.4, 0.5) is 0 Å². The van der Waals surface area contributed by atoms with Gasteiger partial charge in [0.1, 0.15) is 6.07 Å². The predicted molar refractivity (Wildman–Crippen MR) is 90.2 cm³/mol. The fourth-order valence-corrected chi connectivity index (χ4v) is 3.95. The molecular formula is C19H19N5O. The largest absolute Gasteiger partial charge is 0.472 e. The minimum atomic E-state index is -1.59. The summed E-state index contributed by atoms with van der Waals surface area (Å²) in [5.41, 5.74) is 6.54. The molecule has 0 spiro atoms. The second-order valence-electron chi connectivity index (χ2n) is 6.78. The Bertz CT molecular complexity index is 843. The van der Waals surface area contributed by atoms with Gasteiger partial charge in [-0.15, -0.1) is 0 Å². The number of nitrogens with zero attached hydrogens (tertiary/aromatic N) is 4. The maximum atomic E-state index is 9.90. The first-order valence-electron chi connectivity index (χ1n) is 8.19. The van der Waals surface area contributed by atoms with E-state index in [-0.39, 0.29) is 17.2 Å². The average Bonchev–Trinajstić information content (AvgIpc) is 3.14. The topological polar surface area (TPSA) is 114 Å². The molecule has 2 heterocycles. The summed E-state index contributed by atoms with van der Waals surface area (Å²) in [5, 5.41) is 29.4. The van der Waals surface area contributed by atoms with Gasteiger partial charge < -0.3 is 10.2 Å². The molecule has 126 valence electrons. The van der Waals surface area contributed by atoms with Crippen molar-refractivity contribution in [1.82, 2.24) is 4.90 Å². The Morgan fingerprint density at radius 3 is 2.56 bits per heavy atom. The van der Waals surface area contributed by atoms with E-state index in [9.17, 15) is 15.8 Å². The summed E-state index contributed by atoms with van der Waals surface area (Å²) >= 11 is 0. The Hall–Kier alpha value is -3.01. The van der Waals surface area contributed by atoms with Crippen LogP contribution in [0.15, 0.2) is 45.9 Å². The van der Waals surface area contributed by atoms with Crippen molar-refractivity contribution in [2.24, 2.45) is 17.1 Å². The van der Waals surface area contributed by atoms with Gasteiger partial charge in [0.05, 0.1) is 35.9 Å². The standard InChI is InChI=1S/C19H19N5O/c1-12(2)24-5-3-14-15(7-20)18(23)19(10-21,11-22)17(16(14)8-24)13-4-6-25-9-13/h3-4,6,9,12,16-17H,5,8,23H2,1-2H3/t16-,17+/m1/s1. The van der Waals surface area contributed by atoms with E-state index >= 15 is 0 Å². The molecule has 3 rings (SSSR count). The molecular weight excluding hydrogens is 314 g/mol. The minimum absolute atomic E-state index is 0.0479. The first-order valence-corrected chi connectivity index (χ1v) is 8.19. The number of furan rings is 1. The van der Waals surface area contributed by atoms with Gasteiger partial charge >= 0.3 is 0 Å². The summed E-state index contributed by atoms with van der Waals surface area (Å²) in [5.74, 6) is -0.652. The molecule has 1 aliphatic heterocycles. The van der Waals surface area contributed by atoms with Crippen LogP contribution < -0.4 is 5.73 Å². The molecule has 0 saturated carbocycles. The van der Waals surface area contributed by atoms with Crippen molar-refractivity contribution in [3.8, 4) is 18.2 Å². The number of fused-ring (bicyclic) bond motifs is 1. The molecule has 0 bridgehead atoms. The SMILES string of the molecule is CC(C)N1CC=C2C(C#N)=C(N)C(C#N)(C#N)[C@@H](c3ccoc3)[C@@H]2C1. The maximum Gasteiger partial charge on any atom is 0.191 e. The molecule has 1 aromatic rings. The van der Waals surface area contributed by atoms with E-state index in [1.807, 2.05) is 6.08 Å². The third-order valence-electron chi connectivity index (χ3n) is 5.33. The molecule has 0 aromatic carbocycles. The zero-order chi connectivity index (χ0) is 18.2. The highest BCUT2D eigenvalue weighted by Crippen LogP contribution is 2.54. The lowest BCUT2D eigenvalue weighted by Gasteiger charge is -2.46. The number of nitrogens with two attached hydrogens (primary N) is 1. The van der Waals surface area contributed by atoms with Gasteiger partial charge in [-0.05, 0) is 31.1 Å². The Morgan fingerprint density at radius 1 is 1.32 bits per heavy atom. The quantitative estimate of drug-likeness (QED) is 0.889. The molecule has 0 unspecified atom stereocenters. The number of nitriles is 3. The molecule has 0 radical (unpaired) electrons. The lowest BCUT2D eigenvalue weighted by atomic mass is 9.58. The fourth-order valence-electron chi connectivity index (χ4n) is 3.95. The summed E-state index contributed by atoms with van der Waals surface area (Å²) in [4.78, 5) is 2.26. The molecule has 1 aromatic heterocycles. The molecule has 25 heavy (non-hydrogen) atoms. The van der Waals surface area contributed by atoms with Crippen LogP contribution in [0.2, 0.25) is 0 Å². The lowest BCUT2D eigenvalue weighted by molar-refractivity contribution is 0.174. The van der Waals surface area contributed by atoms with Gasteiger partial charge in [0.2, 0.25) is 0 Å². The fraction of sp³-hybridized carbons (Fsp3) is 0.421. The Balaban J connectivity index is 2.28. The number of hydrogen-bond donors (Lipinski definition) is 1. The zero-order valence-corrected chi connectivity index (χ0v) is 14.2. The summed E-state index contributed by atoms with van der Waals surface area (Å²) in [6, 6.07) is 8.44. The molecule has 0 fully saturated rings. The average molecular weight is 333 g/mol. The smallest absolute Gasteiger partial charge is 0.191 e. The summed E-state index contributed by atoms with van der Waals surface area (Å²) in [6.45, 7) is 5.58. The first kappa shape index (κ1) is 16.8. The van der Waals surface area contributed by atoms with Crippen LogP contribution in [0, 0.1) is 45.3 Å². The predicted octanol–water partition coefficient (Wildman–Crippen LogP) is 2.41. The van der Waals surface area contributed by atoms with Gasteiger partial charge in [-0.25, -0.2) is 0 Å². The van der Waals surface area contributed by atoms with E-state index in [2.05, 4.69) is 37.0 Å². The van der Waals surface area contributed by atoms with E-state index in [0.29, 0.717) is 19.1 Å². The second kappa shape index (κ2) is 6.13. The van der Waals surface area contributed by atoms with Crippen molar-refractivity contribution in [3.63, 3.8) is 0 Å². The second-order valence-corrected chi connectivity index (χ2v) is 6.78. The molecule has 0 amide bonds. The molecule has 0 saturated heterocycles.